The van der Waals surface area contributed by atoms with Crippen molar-refractivity contribution in [2.75, 3.05) is 0 Å². The van der Waals surface area contributed by atoms with Gasteiger partial charge in [-0.25, -0.2) is 0 Å². The van der Waals surface area contributed by atoms with Gasteiger partial charge < -0.3 is 0 Å². The van der Waals surface area contributed by atoms with E-state index >= 15 is 0 Å². The van der Waals surface area contributed by atoms with Crippen LogP contribution in [-0.2, 0) is 13.5 Å². The molecule has 2 rings (SSSR count). The van der Waals surface area contributed by atoms with E-state index in [1.165, 1.54) is 11.1 Å². The van der Waals surface area contributed by atoms with Crippen molar-refractivity contribution in [2.45, 2.75) is 20.3 Å². The third kappa shape index (κ3) is 1.93. The first kappa shape index (κ1) is 10.7. The highest BCUT2D eigenvalue weighted by molar-refractivity contribution is 9.10. The molecule has 0 bridgehead atoms. The minimum absolute atomic E-state index is 0.655. The second-order valence-corrected chi connectivity index (χ2v) is 5.16. The first-order valence-electron chi connectivity index (χ1n) is 5.19. The quantitative estimate of drug-likeness (QED) is 0.813. The van der Waals surface area contributed by atoms with Crippen LogP contribution in [0.1, 0.15) is 19.5 Å². The monoisotopic (exact) mass is 266 g/mol. The third-order valence-corrected chi connectivity index (χ3v) is 3.18. The highest BCUT2D eigenvalue weighted by Gasteiger charge is 2.11. The van der Waals surface area contributed by atoms with Gasteiger partial charge in [-0.2, -0.15) is 5.10 Å². The lowest BCUT2D eigenvalue weighted by molar-refractivity contribution is 0.599. The van der Waals surface area contributed by atoms with Gasteiger partial charge in [0, 0.05) is 22.6 Å². The van der Waals surface area contributed by atoms with Crippen molar-refractivity contribution >= 4 is 26.8 Å². The van der Waals surface area contributed by atoms with Gasteiger partial charge in [0.1, 0.15) is 5.52 Å². The summed E-state index contributed by atoms with van der Waals surface area (Å²) in [6.07, 6.45) is 1.07. The maximum Gasteiger partial charge on any atom is 0.107 e. The molecule has 0 N–H and O–H groups in total. The molecule has 1 aromatic carbocycles. The molecule has 0 saturated heterocycles. The molecule has 0 spiro atoms. The number of rotatable bonds is 2. The highest BCUT2D eigenvalue weighted by Crippen LogP contribution is 2.26. The zero-order valence-corrected chi connectivity index (χ0v) is 10.9. The first-order chi connectivity index (χ1) is 7.09. The fourth-order valence-corrected chi connectivity index (χ4v) is 2.31. The average molecular weight is 267 g/mol. The predicted octanol–water partition coefficient (Wildman–Crippen LogP) is 3.53. The van der Waals surface area contributed by atoms with Crippen molar-refractivity contribution < 1.29 is 0 Å². The SMILES string of the molecule is CC(C)Cc1c2cccc(Br)c2nn1C. The molecule has 0 unspecified atom stereocenters. The van der Waals surface area contributed by atoms with E-state index < -0.39 is 0 Å². The van der Waals surface area contributed by atoms with Crippen LogP contribution in [0.3, 0.4) is 0 Å². The molecule has 0 radical (unpaired) electrons. The molecule has 0 aliphatic carbocycles. The number of nitrogens with zero attached hydrogens (tertiary/aromatic N) is 2. The fraction of sp³-hybridized carbons (Fsp3) is 0.417. The van der Waals surface area contributed by atoms with E-state index in [2.05, 4.69) is 47.0 Å². The van der Waals surface area contributed by atoms with Crippen LogP contribution in [-0.4, -0.2) is 9.78 Å². The van der Waals surface area contributed by atoms with Crippen LogP contribution < -0.4 is 0 Å². The van der Waals surface area contributed by atoms with Crippen LogP contribution >= 0.6 is 15.9 Å². The molecule has 2 aromatic rings. The summed E-state index contributed by atoms with van der Waals surface area (Å²) in [5.74, 6) is 0.655. The summed E-state index contributed by atoms with van der Waals surface area (Å²) in [7, 11) is 2.02. The van der Waals surface area contributed by atoms with E-state index in [1.54, 1.807) is 0 Å². The minimum atomic E-state index is 0.655. The highest BCUT2D eigenvalue weighted by atomic mass is 79.9. The molecular formula is C12H15BrN2. The Morgan fingerprint density at radius 3 is 2.80 bits per heavy atom. The average Bonchev–Trinajstić information content (AvgIpc) is 2.45. The predicted molar refractivity (Wildman–Crippen MR) is 67.0 cm³/mol. The summed E-state index contributed by atoms with van der Waals surface area (Å²) in [5.41, 5.74) is 2.39. The zero-order chi connectivity index (χ0) is 11.0. The van der Waals surface area contributed by atoms with Crippen molar-refractivity contribution in [3.63, 3.8) is 0 Å². The Hall–Kier alpha value is -0.830. The fourth-order valence-electron chi connectivity index (χ4n) is 1.86. The van der Waals surface area contributed by atoms with Gasteiger partial charge in [-0.3, -0.25) is 4.68 Å². The molecule has 1 heterocycles. The lowest BCUT2D eigenvalue weighted by Gasteiger charge is -2.05. The molecule has 15 heavy (non-hydrogen) atoms. The topological polar surface area (TPSA) is 17.8 Å². The molecule has 0 aliphatic rings. The van der Waals surface area contributed by atoms with E-state index in [0.29, 0.717) is 5.92 Å². The lowest BCUT2D eigenvalue weighted by atomic mass is 10.1. The van der Waals surface area contributed by atoms with E-state index in [9.17, 15) is 0 Å². The lowest BCUT2D eigenvalue weighted by Crippen LogP contribution is -2.02. The molecule has 0 fully saturated rings. The molecule has 0 saturated carbocycles. The second kappa shape index (κ2) is 3.97. The minimum Gasteiger partial charge on any atom is -0.271 e. The Labute approximate surface area is 98.4 Å². The maximum absolute atomic E-state index is 4.54. The van der Waals surface area contributed by atoms with Crippen LogP contribution in [0.4, 0.5) is 0 Å². The number of halogens is 1. The van der Waals surface area contributed by atoms with Crippen LogP contribution in [0.2, 0.25) is 0 Å². The number of hydrogen-bond acceptors (Lipinski definition) is 1. The standard InChI is InChI=1S/C12H15BrN2/c1-8(2)7-11-9-5-4-6-10(13)12(9)14-15(11)3/h4-6,8H,7H2,1-3H3. The van der Waals surface area contributed by atoms with Gasteiger partial charge in [-0.05, 0) is 34.3 Å². The number of fused-ring (bicyclic) bond motifs is 1. The summed E-state index contributed by atoms with van der Waals surface area (Å²) in [4.78, 5) is 0. The van der Waals surface area contributed by atoms with Gasteiger partial charge in [-0.1, -0.05) is 26.0 Å². The van der Waals surface area contributed by atoms with E-state index in [4.69, 9.17) is 0 Å². The molecule has 0 aliphatic heterocycles. The second-order valence-electron chi connectivity index (χ2n) is 4.30. The van der Waals surface area contributed by atoms with Gasteiger partial charge in [-0.15, -0.1) is 0 Å². The van der Waals surface area contributed by atoms with Crippen LogP contribution in [0.25, 0.3) is 10.9 Å². The van der Waals surface area contributed by atoms with Gasteiger partial charge in [0.15, 0.2) is 0 Å². The van der Waals surface area contributed by atoms with Crippen molar-refractivity contribution in [2.24, 2.45) is 13.0 Å². The first-order valence-corrected chi connectivity index (χ1v) is 5.99. The summed E-state index contributed by atoms with van der Waals surface area (Å²) >= 11 is 3.53. The van der Waals surface area contributed by atoms with Gasteiger partial charge in [0.05, 0.1) is 0 Å². The summed E-state index contributed by atoms with van der Waals surface area (Å²) < 4.78 is 3.07. The van der Waals surface area contributed by atoms with E-state index in [-0.39, 0.29) is 0 Å². The Morgan fingerprint density at radius 1 is 1.40 bits per heavy atom. The zero-order valence-electron chi connectivity index (χ0n) is 9.29. The largest absolute Gasteiger partial charge is 0.271 e. The summed E-state index contributed by atoms with van der Waals surface area (Å²) in [5, 5.41) is 5.80. The molecule has 80 valence electrons. The molecular weight excluding hydrogens is 252 g/mol. The Morgan fingerprint density at radius 2 is 2.13 bits per heavy atom. The number of aryl methyl sites for hydroxylation is 1. The number of benzene rings is 1. The van der Waals surface area contributed by atoms with E-state index in [1.807, 2.05) is 17.8 Å². The molecule has 3 heteroatoms. The van der Waals surface area contributed by atoms with Crippen molar-refractivity contribution in [3.8, 4) is 0 Å². The Kier molecular flexibility index (Phi) is 2.83. The Bertz CT molecular complexity index is 486. The third-order valence-electron chi connectivity index (χ3n) is 2.54. The van der Waals surface area contributed by atoms with Crippen molar-refractivity contribution in [1.82, 2.24) is 9.78 Å². The van der Waals surface area contributed by atoms with Crippen molar-refractivity contribution in [3.05, 3.63) is 28.4 Å². The van der Waals surface area contributed by atoms with Gasteiger partial charge >= 0.3 is 0 Å². The van der Waals surface area contributed by atoms with Crippen LogP contribution in [0.5, 0.6) is 0 Å². The normalized spacial score (nSPS) is 11.5. The number of aromatic nitrogens is 2. The van der Waals surface area contributed by atoms with Crippen molar-refractivity contribution in [1.29, 1.82) is 0 Å². The van der Waals surface area contributed by atoms with Gasteiger partial charge in [0.2, 0.25) is 0 Å². The summed E-state index contributed by atoms with van der Waals surface area (Å²) in [6.45, 7) is 4.47. The van der Waals surface area contributed by atoms with Crippen LogP contribution in [0, 0.1) is 5.92 Å². The smallest absolute Gasteiger partial charge is 0.107 e. The molecule has 0 amide bonds. The molecule has 0 atom stereocenters. The van der Waals surface area contributed by atoms with E-state index in [0.717, 1.165) is 16.4 Å². The van der Waals surface area contributed by atoms with Crippen LogP contribution in [0.15, 0.2) is 22.7 Å². The summed E-state index contributed by atoms with van der Waals surface area (Å²) in [6, 6.07) is 6.25. The number of hydrogen-bond donors (Lipinski definition) is 0. The molecule has 1 aromatic heterocycles. The molecule has 2 nitrogen and oxygen atoms in total. The maximum atomic E-state index is 4.54. The van der Waals surface area contributed by atoms with Gasteiger partial charge in [0.25, 0.3) is 0 Å². The Balaban J connectivity index is 2.63.